The predicted octanol–water partition coefficient (Wildman–Crippen LogP) is 4.11. The van der Waals surface area contributed by atoms with Crippen LogP contribution in [-0.2, 0) is 19.0 Å². The monoisotopic (exact) mass is 447 g/mol. The SMILES string of the molecule is CC(C)c1ccc(OC[C@H]2[C@H](OS(=O)(=O)CCl)CCN2C(=O)OC(C)(C)C)cc1. The lowest BCUT2D eigenvalue weighted by molar-refractivity contribution is 0.0113. The van der Waals surface area contributed by atoms with Crippen molar-refractivity contribution < 1.29 is 26.9 Å². The molecule has 2 atom stereocenters. The van der Waals surface area contributed by atoms with E-state index in [1.807, 2.05) is 24.3 Å². The Morgan fingerprint density at radius 3 is 2.38 bits per heavy atom. The minimum atomic E-state index is -3.89. The molecule has 1 aromatic rings. The first-order valence-electron chi connectivity index (χ1n) is 9.61. The van der Waals surface area contributed by atoms with E-state index in [1.54, 1.807) is 20.8 Å². The van der Waals surface area contributed by atoms with E-state index < -0.39 is 39.2 Å². The molecule has 164 valence electrons. The van der Waals surface area contributed by atoms with E-state index in [0.29, 0.717) is 24.6 Å². The van der Waals surface area contributed by atoms with Crippen LogP contribution in [0.2, 0.25) is 0 Å². The summed E-state index contributed by atoms with van der Waals surface area (Å²) in [6.07, 6.45) is -0.938. The fourth-order valence-electron chi connectivity index (χ4n) is 3.03. The van der Waals surface area contributed by atoms with Crippen molar-refractivity contribution in [2.45, 2.75) is 64.7 Å². The molecule has 1 fully saturated rings. The number of carbonyl (C=O) groups is 1. The standard InChI is InChI=1S/C20H30ClNO6S/c1-14(2)15-6-8-16(9-7-15)26-12-17-18(28-29(24,25)13-21)10-11-22(17)19(23)27-20(3,4)5/h6-9,14,17-18H,10-13H2,1-5H3/t17-,18+/m0/s1. The fourth-order valence-corrected chi connectivity index (χ4v) is 3.83. The van der Waals surface area contributed by atoms with Crippen LogP contribution in [0.5, 0.6) is 5.75 Å². The molecule has 0 N–H and O–H groups in total. The molecule has 1 aromatic carbocycles. The summed E-state index contributed by atoms with van der Waals surface area (Å²) < 4.78 is 40.2. The third-order valence-corrected chi connectivity index (χ3v) is 6.09. The van der Waals surface area contributed by atoms with E-state index in [0.717, 1.165) is 0 Å². The molecule has 1 aliphatic heterocycles. The molecule has 1 aliphatic rings. The van der Waals surface area contributed by atoms with Gasteiger partial charge in [-0.05, 0) is 50.8 Å². The van der Waals surface area contributed by atoms with Gasteiger partial charge >= 0.3 is 6.09 Å². The first-order valence-corrected chi connectivity index (χ1v) is 11.7. The van der Waals surface area contributed by atoms with Crippen LogP contribution >= 0.6 is 11.6 Å². The van der Waals surface area contributed by atoms with Crippen molar-refractivity contribution in [3.63, 3.8) is 0 Å². The molecule has 1 amide bonds. The van der Waals surface area contributed by atoms with Crippen molar-refractivity contribution in [3.05, 3.63) is 29.8 Å². The summed E-state index contributed by atoms with van der Waals surface area (Å²) in [5.74, 6) is 1.03. The molecule has 0 bridgehead atoms. The van der Waals surface area contributed by atoms with E-state index in [1.165, 1.54) is 10.5 Å². The summed E-state index contributed by atoms with van der Waals surface area (Å²) in [6, 6.07) is 7.05. The zero-order valence-electron chi connectivity index (χ0n) is 17.6. The summed E-state index contributed by atoms with van der Waals surface area (Å²) >= 11 is 5.47. The molecular formula is C20H30ClNO6S. The summed E-state index contributed by atoms with van der Waals surface area (Å²) in [4.78, 5) is 14.1. The summed E-state index contributed by atoms with van der Waals surface area (Å²) in [5.41, 5.74) is 0.513. The molecule has 7 nitrogen and oxygen atoms in total. The Bertz CT molecular complexity index is 788. The predicted molar refractivity (Wildman–Crippen MR) is 112 cm³/mol. The van der Waals surface area contributed by atoms with Crippen molar-refractivity contribution >= 4 is 27.8 Å². The number of alkyl halides is 1. The number of hydrogen-bond acceptors (Lipinski definition) is 6. The fraction of sp³-hybridized carbons (Fsp3) is 0.650. The van der Waals surface area contributed by atoms with E-state index >= 15 is 0 Å². The highest BCUT2D eigenvalue weighted by molar-refractivity contribution is 7.87. The normalized spacial score (nSPS) is 20.2. The molecule has 0 saturated carbocycles. The number of rotatable bonds is 7. The molecule has 1 saturated heterocycles. The molecule has 0 unspecified atom stereocenters. The van der Waals surface area contributed by atoms with Gasteiger partial charge in [0.05, 0.1) is 6.04 Å². The third-order valence-electron chi connectivity index (χ3n) is 4.48. The second kappa shape index (κ2) is 9.53. The lowest BCUT2D eigenvalue weighted by Crippen LogP contribution is -2.46. The van der Waals surface area contributed by atoms with Crippen LogP contribution in [0.4, 0.5) is 4.79 Å². The van der Waals surface area contributed by atoms with Crippen molar-refractivity contribution in [1.82, 2.24) is 4.90 Å². The van der Waals surface area contributed by atoms with E-state index in [9.17, 15) is 13.2 Å². The number of halogens is 1. The van der Waals surface area contributed by atoms with Crippen molar-refractivity contribution in [2.75, 3.05) is 18.4 Å². The van der Waals surface area contributed by atoms with Crippen molar-refractivity contribution in [3.8, 4) is 5.75 Å². The maximum atomic E-state index is 12.6. The van der Waals surface area contributed by atoms with Gasteiger partial charge in [-0.1, -0.05) is 26.0 Å². The molecule has 1 heterocycles. The molecule has 0 radical (unpaired) electrons. The second-order valence-corrected chi connectivity index (χ2v) is 10.5. The van der Waals surface area contributed by atoms with Crippen LogP contribution in [0.3, 0.4) is 0 Å². The zero-order chi connectivity index (χ0) is 21.8. The van der Waals surface area contributed by atoms with E-state index in [2.05, 4.69) is 13.8 Å². The van der Waals surface area contributed by atoms with Gasteiger partial charge in [-0.2, -0.15) is 8.42 Å². The smallest absolute Gasteiger partial charge is 0.410 e. The number of hydrogen-bond donors (Lipinski definition) is 0. The first-order chi connectivity index (χ1) is 13.4. The molecule has 0 aromatic heterocycles. The molecule has 0 aliphatic carbocycles. The molecule has 0 spiro atoms. The summed E-state index contributed by atoms with van der Waals surface area (Å²) in [7, 11) is -3.89. The number of amides is 1. The Labute approximate surface area is 178 Å². The van der Waals surface area contributed by atoms with Gasteiger partial charge < -0.3 is 9.47 Å². The summed E-state index contributed by atoms with van der Waals surface area (Å²) in [6.45, 7) is 9.90. The summed E-state index contributed by atoms with van der Waals surface area (Å²) in [5, 5.41) is -0.653. The Kier molecular flexibility index (Phi) is 7.81. The second-order valence-electron chi connectivity index (χ2n) is 8.37. The van der Waals surface area contributed by atoms with Crippen LogP contribution in [0.25, 0.3) is 0 Å². The third kappa shape index (κ3) is 7.04. The van der Waals surface area contributed by atoms with Crippen LogP contribution < -0.4 is 4.74 Å². The topological polar surface area (TPSA) is 82.1 Å². The van der Waals surface area contributed by atoms with Crippen LogP contribution in [0, 0.1) is 0 Å². The van der Waals surface area contributed by atoms with Gasteiger partial charge in [0.1, 0.15) is 29.3 Å². The van der Waals surface area contributed by atoms with Gasteiger partial charge in [0.15, 0.2) is 0 Å². The quantitative estimate of drug-likeness (QED) is 0.462. The Morgan fingerprint density at radius 2 is 1.86 bits per heavy atom. The average Bonchev–Trinajstić information content (AvgIpc) is 3.01. The Hall–Kier alpha value is -1.51. The van der Waals surface area contributed by atoms with Gasteiger partial charge in [-0.15, -0.1) is 11.6 Å². The Balaban J connectivity index is 2.14. The van der Waals surface area contributed by atoms with Gasteiger partial charge in [0, 0.05) is 6.54 Å². The first kappa shape index (κ1) is 23.8. The van der Waals surface area contributed by atoms with Crippen LogP contribution in [0.1, 0.15) is 52.5 Å². The lowest BCUT2D eigenvalue weighted by Gasteiger charge is -2.30. The molecular weight excluding hydrogens is 418 g/mol. The minimum absolute atomic E-state index is 0.0722. The number of benzene rings is 1. The number of likely N-dealkylation sites (tertiary alicyclic amines) is 1. The van der Waals surface area contributed by atoms with Gasteiger partial charge in [-0.25, -0.2) is 4.79 Å². The maximum absolute atomic E-state index is 12.6. The minimum Gasteiger partial charge on any atom is -0.491 e. The van der Waals surface area contributed by atoms with Gasteiger partial charge in [-0.3, -0.25) is 9.08 Å². The van der Waals surface area contributed by atoms with Gasteiger partial charge in [0.25, 0.3) is 10.1 Å². The molecule has 9 heteroatoms. The lowest BCUT2D eigenvalue weighted by atomic mass is 10.0. The average molecular weight is 448 g/mol. The highest BCUT2D eigenvalue weighted by Crippen LogP contribution is 2.27. The molecule has 2 rings (SSSR count). The zero-order valence-corrected chi connectivity index (χ0v) is 19.1. The van der Waals surface area contributed by atoms with E-state index in [4.69, 9.17) is 25.3 Å². The Morgan fingerprint density at radius 1 is 1.24 bits per heavy atom. The van der Waals surface area contributed by atoms with E-state index in [-0.39, 0.29) is 6.61 Å². The van der Waals surface area contributed by atoms with Crippen LogP contribution in [-0.4, -0.2) is 55.5 Å². The largest absolute Gasteiger partial charge is 0.491 e. The van der Waals surface area contributed by atoms with Gasteiger partial charge in [0.2, 0.25) is 0 Å². The number of nitrogens with zero attached hydrogens (tertiary/aromatic N) is 1. The van der Waals surface area contributed by atoms with Crippen molar-refractivity contribution in [2.24, 2.45) is 0 Å². The van der Waals surface area contributed by atoms with Crippen LogP contribution in [0.15, 0.2) is 24.3 Å². The number of carbonyl (C=O) groups excluding carboxylic acids is 1. The number of ether oxygens (including phenoxy) is 2. The highest BCUT2D eigenvalue weighted by atomic mass is 35.5. The highest BCUT2D eigenvalue weighted by Gasteiger charge is 2.42. The maximum Gasteiger partial charge on any atom is 0.410 e. The molecule has 29 heavy (non-hydrogen) atoms. The van der Waals surface area contributed by atoms with Crippen molar-refractivity contribution in [1.29, 1.82) is 0 Å².